The van der Waals surface area contributed by atoms with Gasteiger partial charge in [-0.25, -0.2) is 22.0 Å². The zero-order valence-electron chi connectivity index (χ0n) is 18.8. The lowest BCUT2D eigenvalue weighted by Crippen LogP contribution is -2.47. The first-order chi connectivity index (χ1) is 16.7. The molecule has 0 aromatic heterocycles. The third-order valence-corrected chi connectivity index (χ3v) is 5.66. The Bertz CT molecular complexity index is 1200. The number of carbonyl (C=O) groups excluding carboxylic acids is 1. The zero-order chi connectivity index (χ0) is 25.1. The van der Waals surface area contributed by atoms with Crippen LogP contribution in [0.3, 0.4) is 0 Å². The number of halogens is 5. The standard InChI is InChI=1S/C25H22F5N3O2/c1-15-3-2-4-18(13-15)35-14-19(34)31-16-5-7-17(8-6-16)32-9-11-33(12-10-32)25-23(29)21(27)20(26)22(28)24(25)30/h2-8,13H,9-12,14H2,1H3,(H,31,34). The number of hydrogen-bond donors (Lipinski definition) is 1. The van der Waals surface area contributed by atoms with Gasteiger partial charge in [0.2, 0.25) is 5.82 Å². The first-order valence-corrected chi connectivity index (χ1v) is 10.9. The Hall–Kier alpha value is -3.82. The Morgan fingerprint density at radius 1 is 0.829 bits per heavy atom. The normalized spacial score (nSPS) is 13.7. The van der Waals surface area contributed by atoms with Crippen LogP contribution in [0.25, 0.3) is 0 Å². The van der Waals surface area contributed by atoms with Crippen molar-refractivity contribution >= 4 is 23.0 Å². The van der Waals surface area contributed by atoms with Crippen LogP contribution < -0.4 is 19.9 Å². The third kappa shape index (κ3) is 5.31. The summed E-state index contributed by atoms with van der Waals surface area (Å²) in [5, 5.41) is 2.74. The Balaban J connectivity index is 1.33. The van der Waals surface area contributed by atoms with E-state index in [2.05, 4.69) is 5.32 Å². The molecule has 3 aromatic rings. The molecule has 0 aliphatic carbocycles. The van der Waals surface area contributed by atoms with Crippen molar-refractivity contribution in [2.45, 2.75) is 6.92 Å². The number of aryl methyl sites for hydroxylation is 1. The Morgan fingerprint density at radius 3 is 2.00 bits per heavy atom. The van der Waals surface area contributed by atoms with E-state index in [-0.39, 0.29) is 25.6 Å². The predicted molar refractivity (Wildman–Crippen MR) is 122 cm³/mol. The second-order valence-corrected chi connectivity index (χ2v) is 8.09. The van der Waals surface area contributed by atoms with Gasteiger partial charge in [-0.15, -0.1) is 0 Å². The van der Waals surface area contributed by atoms with E-state index in [0.717, 1.165) is 16.2 Å². The summed E-state index contributed by atoms with van der Waals surface area (Å²) in [6.07, 6.45) is 0. The van der Waals surface area contributed by atoms with Crippen LogP contribution in [0.15, 0.2) is 48.5 Å². The maximum Gasteiger partial charge on any atom is 0.262 e. The van der Waals surface area contributed by atoms with Gasteiger partial charge < -0.3 is 19.9 Å². The SMILES string of the molecule is Cc1cccc(OCC(=O)Nc2ccc(N3CCN(c4c(F)c(F)c(F)c(F)c4F)CC3)cc2)c1. The highest BCUT2D eigenvalue weighted by molar-refractivity contribution is 5.92. The third-order valence-electron chi connectivity index (χ3n) is 5.66. The number of hydrogen-bond acceptors (Lipinski definition) is 4. The molecule has 1 aliphatic heterocycles. The number of nitrogens with zero attached hydrogens (tertiary/aromatic N) is 2. The lowest BCUT2D eigenvalue weighted by Gasteiger charge is -2.37. The predicted octanol–water partition coefficient (Wildman–Crippen LogP) is 5.03. The minimum Gasteiger partial charge on any atom is -0.484 e. The number of nitrogens with one attached hydrogen (secondary N) is 1. The molecule has 4 rings (SSSR count). The van der Waals surface area contributed by atoms with Gasteiger partial charge in [-0.2, -0.15) is 0 Å². The summed E-state index contributed by atoms with van der Waals surface area (Å²) in [6.45, 7) is 2.50. The highest BCUT2D eigenvalue weighted by Gasteiger charge is 2.30. The van der Waals surface area contributed by atoms with Crippen molar-refractivity contribution in [2.24, 2.45) is 0 Å². The molecular weight excluding hydrogens is 469 g/mol. The van der Waals surface area contributed by atoms with Gasteiger partial charge in [0.15, 0.2) is 29.9 Å². The number of ether oxygens (including phenoxy) is 1. The molecule has 1 N–H and O–H groups in total. The van der Waals surface area contributed by atoms with Crippen LogP contribution in [0.1, 0.15) is 5.56 Å². The van der Waals surface area contributed by atoms with Crippen LogP contribution in [0.4, 0.5) is 39.0 Å². The maximum absolute atomic E-state index is 14.1. The smallest absolute Gasteiger partial charge is 0.262 e. The second-order valence-electron chi connectivity index (χ2n) is 8.09. The average molecular weight is 491 g/mol. The van der Waals surface area contributed by atoms with Crippen molar-refractivity contribution in [1.29, 1.82) is 0 Å². The quantitative estimate of drug-likeness (QED) is 0.298. The van der Waals surface area contributed by atoms with Gasteiger partial charge in [-0.3, -0.25) is 4.79 Å². The summed E-state index contributed by atoms with van der Waals surface area (Å²) in [7, 11) is 0. The van der Waals surface area contributed by atoms with Crippen LogP contribution >= 0.6 is 0 Å². The molecule has 1 aliphatic rings. The molecule has 0 saturated carbocycles. The lowest BCUT2D eigenvalue weighted by molar-refractivity contribution is -0.118. The number of anilines is 3. The molecule has 0 atom stereocenters. The molecule has 0 spiro atoms. The molecule has 1 saturated heterocycles. The highest BCUT2D eigenvalue weighted by Crippen LogP contribution is 2.31. The van der Waals surface area contributed by atoms with Crippen LogP contribution in [-0.2, 0) is 4.79 Å². The minimum atomic E-state index is -2.17. The zero-order valence-corrected chi connectivity index (χ0v) is 18.8. The Labute approximate surface area is 198 Å². The van der Waals surface area contributed by atoms with Gasteiger partial charge in [0.25, 0.3) is 5.91 Å². The molecular formula is C25H22F5N3O2. The topological polar surface area (TPSA) is 44.8 Å². The number of piperazine rings is 1. The fourth-order valence-electron chi connectivity index (χ4n) is 3.87. The molecule has 0 bridgehead atoms. The maximum atomic E-state index is 14.1. The molecule has 3 aromatic carbocycles. The monoisotopic (exact) mass is 491 g/mol. The molecule has 1 heterocycles. The number of carbonyl (C=O) groups is 1. The highest BCUT2D eigenvalue weighted by atomic mass is 19.2. The van der Waals surface area contributed by atoms with Crippen molar-refractivity contribution in [3.05, 3.63) is 83.2 Å². The number of amides is 1. The van der Waals surface area contributed by atoms with E-state index in [0.29, 0.717) is 24.5 Å². The molecule has 5 nitrogen and oxygen atoms in total. The average Bonchev–Trinajstić information content (AvgIpc) is 2.86. The molecule has 0 unspecified atom stereocenters. The van der Waals surface area contributed by atoms with Gasteiger partial charge >= 0.3 is 0 Å². The Kier molecular flexibility index (Phi) is 7.09. The van der Waals surface area contributed by atoms with E-state index in [4.69, 9.17) is 4.74 Å². The largest absolute Gasteiger partial charge is 0.484 e. The summed E-state index contributed by atoms with van der Waals surface area (Å²) in [5.74, 6) is -9.47. The fraction of sp³-hybridized carbons (Fsp3) is 0.240. The van der Waals surface area contributed by atoms with E-state index < -0.39 is 34.8 Å². The molecule has 1 amide bonds. The molecule has 1 fully saturated rings. The van der Waals surface area contributed by atoms with E-state index in [1.165, 1.54) is 0 Å². The molecule has 35 heavy (non-hydrogen) atoms. The summed E-state index contributed by atoms with van der Waals surface area (Å²) in [5.41, 5.74) is 1.46. The molecule has 184 valence electrons. The summed E-state index contributed by atoms with van der Waals surface area (Å²) >= 11 is 0. The summed E-state index contributed by atoms with van der Waals surface area (Å²) < 4.78 is 74.1. The first kappa shape index (κ1) is 24.3. The Morgan fingerprint density at radius 2 is 1.40 bits per heavy atom. The second kappa shape index (κ2) is 10.2. The van der Waals surface area contributed by atoms with E-state index >= 15 is 0 Å². The van der Waals surface area contributed by atoms with E-state index in [1.54, 1.807) is 30.3 Å². The van der Waals surface area contributed by atoms with Crippen LogP contribution in [0.2, 0.25) is 0 Å². The minimum absolute atomic E-state index is 0.0626. The van der Waals surface area contributed by atoms with Crippen molar-refractivity contribution < 1.29 is 31.5 Å². The van der Waals surface area contributed by atoms with Crippen molar-refractivity contribution in [3.63, 3.8) is 0 Å². The van der Waals surface area contributed by atoms with E-state index in [1.807, 2.05) is 30.0 Å². The lowest BCUT2D eigenvalue weighted by atomic mass is 10.2. The number of benzene rings is 3. The van der Waals surface area contributed by atoms with Gasteiger partial charge in [0, 0.05) is 37.6 Å². The molecule has 0 radical (unpaired) electrons. The van der Waals surface area contributed by atoms with Crippen LogP contribution in [-0.4, -0.2) is 38.7 Å². The molecule has 10 heteroatoms. The van der Waals surface area contributed by atoms with Crippen LogP contribution in [0.5, 0.6) is 5.75 Å². The summed E-state index contributed by atoms with van der Waals surface area (Å²) in [4.78, 5) is 15.2. The van der Waals surface area contributed by atoms with Gasteiger partial charge in [-0.1, -0.05) is 12.1 Å². The fourth-order valence-corrected chi connectivity index (χ4v) is 3.87. The van der Waals surface area contributed by atoms with Gasteiger partial charge in [0.1, 0.15) is 11.4 Å². The number of rotatable bonds is 6. The van der Waals surface area contributed by atoms with Crippen molar-refractivity contribution in [1.82, 2.24) is 0 Å². The van der Waals surface area contributed by atoms with Crippen molar-refractivity contribution in [3.8, 4) is 5.75 Å². The first-order valence-electron chi connectivity index (χ1n) is 10.9. The van der Waals surface area contributed by atoms with E-state index in [9.17, 15) is 26.7 Å². The van der Waals surface area contributed by atoms with Gasteiger partial charge in [-0.05, 0) is 48.9 Å². The van der Waals surface area contributed by atoms with Crippen LogP contribution in [0, 0.1) is 36.0 Å². The van der Waals surface area contributed by atoms with Gasteiger partial charge in [0.05, 0.1) is 0 Å². The summed E-state index contributed by atoms with van der Waals surface area (Å²) in [6, 6.07) is 14.3. The van der Waals surface area contributed by atoms with Crippen molar-refractivity contribution in [2.75, 3.05) is 47.9 Å².